The van der Waals surface area contributed by atoms with E-state index in [0.29, 0.717) is 24.2 Å². The minimum atomic E-state index is -1.12. The molecule has 18 heavy (non-hydrogen) atoms. The summed E-state index contributed by atoms with van der Waals surface area (Å²) in [5, 5.41) is 31.8. The lowest BCUT2D eigenvalue weighted by Crippen LogP contribution is -2.78. The summed E-state index contributed by atoms with van der Waals surface area (Å²) < 4.78 is 0. The smallest absolute Gasteiger partial charge is 0.104 e. The van der Waals surface area contributed by atoms with E-state index in [2.05, 4.69) is 13.8 Å². The molecule has 4 aliphatic carbocycles. The van der Waals surface area contributed by atoms with Crippen LogP contribution in [0.15, 0.2) is 0 Å². The van der Waals surface area contributed by atoms with E-state index in [1.165, 1.54) is 0 Å². The predicted octanol–water partition coefficient (Wildman–Crippen LogP) is 1.55. The molecule has 3 heteroatoms. The van der Waals surface area contributed by atoms with Crippen molar-refractivity contribution in [3.05, 3.63) is 0 Å². The Bertz CT molecular complexity index is 371. The van der Waals surface area contributed by atoms with Crippen LogP contribution in [0.5, 0.6) is 0 Å². The van der Waals surface area contributed by atoms with Crippen LogP contribution < -0.4 is 0 Å². The zero-order valence-electron chi connectivity index (χ0n) is 11.7. The van der Waals surface area contributed by atoms with E-state index in [9.17, 15) is 15.3 Å². The Labute approximate surface area is 109 Å². The van der Waals surface area contributed by atoms with Crippen molar-refractivity contribution in [2.75, 3.05) is 6.61 Å². The summed E-state index contributed by atoms with van der Waals surface area (Å²) in [5.41, 5.74) is -1.90. The summed E-state index contributed by atoms with van der Waals surface area (Å²) in [5.74, 6) is 1.30. The summed E-state index contributed by atoms with van der Waals surface area (Å²) >= 11 is 0. The molecule has 0 unspecified atom stereocenters. The van der Waals surface area contributed by atoms with E-state index in [1.807, 2.05) is 6.92 Å². The normalized spacial score (nSPS) is 63.0. The average Bonchev–Trinajstić information content (AvgIpc) is 2.33. The van der Waals surface area contributed by atoms with Gasteiger partial charge >= 0.3 is 0 Å². The van der Waals surface area contributed by atoms with Crippen molar-refractivity contribution >= 4 is 0 Å². The van der Waals surface area contributed by atoms with Crippen LogP contribution in [0.25, 0.3) is 0 Å². The molecule has 0 aromatic carbocycles. The Morgan fingerprint density at radius 2 is 1.89 bits per heavy atom. The highest BCUT2D eigenvalue weighted by molar-refractivity contribution is 5.23. The van der Waals surface area contributed by atoms with Crippen LogP contribution in [0.4, 0.5) is 0 Å². The van der Waals surface area contributed by atoms with Gasteiger partial charge in [-0.25, -0.2) is 0 Å². The van der Waals surface area contributed by atoms with Gasteiger partial charge in [0.25, 0.3) is 0 Å². The lowest BCUT2D eigenvalue weighted by atomic mass is 9.34. The second kappa shape index (κ2) is 3.50. The van der Waals surface area contributed by atoms with Crippen LogP contribution in [0.2, 0.25) is 0 Å². The first kappa shape index (κ1) is 12.9. The van der Waals surface area contributed by atoms with Gasteiger partial charge in [-0.05, 0) is 43.4 Å². The summed E-state index contributed by atoms with van der Waals surface area (Å²) in [4.78, 5) is 0. The van der Waals surface area contributed by atoms with Crippen molar-refractivity contribution in [1.82, 2.24) is 0 Å². The van der Waals surface area contributed by atoms with Gasteiger partial charge in [-0.3, -0.25) is 0 Å². The van der Waals surface area contributed by atoms with Gasteiger partial charge < -0.3 is 15.3 Å². The van der Waals surface area contributed by atoms with Crippen molar-refractivity contribution in [2.24, 2.45) is 28.6 Å². The molecule has 0 aromatic rings. The maximum atomic E-state index is 11.3. The Morgan fingerprint density at radius 1 is 1.22 bits per heavy atom. The molecule has 4 rings (SSSR count). The number of fused-ring (bicyclic) bond motifs is 1. The summed E-state index contributed by atoms with van der Waals surface area (Å²) in [7, 11) is 0. The molecule has 0 spiro atoms. The van der Waals surface area contributed by atoms with E-state index < -0.39 is 17.1 Å². The molecule has 4 bridgehead atoms. The summed E-state index contributed by atoms with van der Waals surface area (Å²) in [6.45, 7) is 6.29. The monoisotopic (exact) mass is 254 g/mol. The maximum absolute atomic E-state index is 11.3. The molecule has 4 saturated carbocycles. The Hall–Kier alpha value is -0.120. The van der Waals surface area contributed by atoms with Crippen molar-refractivity contribution in [2.45, 2.75) is 58.2 Å². The molecule has 3 nitrogen and oxygen atoms in total. The minimum Gasteiger partial charge on any atom is -0.396 e. The zero-order chi connectivity index (χ0) is 13.3. The molecule has 104 valence electrons. The Morgan fingerprint density at radius 3 is 2.50 bits per heavy atom. The van der Waals surface area contributed by atoms with Crippen molar-refractivity contribution in [3.63, 3.8) is 0 Å². The first-order chi connectivity index (χ1) is 8.31. The van der Waals surface area contributed by atoms with E-state index in [0.717, 1.165) is 19.3 Å². The Balaban J connectivity index is 2.17. The molecular weight excluding hydrogens is 228 g/mol. The standard InChI is InChI=1S/C15H26O3/c1-9-6-12(17)15(18)13(2)5-4-10(7-11(9)13)14(15,3)8-16/h9-12,16-18H,4-8H2,1-3H3/t9-,10+,11-,12-,13-,14-,15-/m0/s1. The number of aliphatic hydroxyl groups is 3. The first-order valence-electron chi connectivity index (χ1n) is 7.32. The SMILES string of the molecule is C[C@H]1C[C@H](O)[C@@]2(O)[C@@](C)(CO)[C@@H]3CC[C@@]2(C)[C@H]1C3. The molecule has 0 aliphatic heterocycles. The van der Waals surface area contributed by atoms with E-state index in [4.69, 9.17) is 0 Å². The number of hydrogen-bond acceptors (Lipinski definition) is 3. The molecule has 0 amide bonds. The molecule has 7 atom stereocenters. The largest absolute Gasteiger partial charge is 0.396 e. The highest BCUT2D eigenvalue weighted by Gasteiger charge is 2.74. The van der Waals surface area contributed by atoms with Gasteiger partial charge in [0.15, 0.2) is 0 Å². The van der Waals surface area contributed by atoms with Crippen LogP contribution in [0, 0.1) is 28.6 Å². The fraction of sp³-hybridized carbons (Fsp3) is 1.00. The van der Waals surface area contributed by atoms with E-state index >= 15 is 0 Å². The lowest BCUT2D eigenvalue weighted by molar-refractivity contribution is -0.338. The second-order valence-corrected chi connectivity index (χ2v) is 7.57. The number of aliphatic hydroxyl groups excluding tert-OH is 2. The average molecular weight is 254 g/mol. The van der Waals surface area contributed by atoms with Gasteiger partial charge in [-0.2, -0.15) is 0 Å². The van der Waals surface area contributed by atoms with Crippen LogP contribution >= 0.6 is 0 Å². The van der Waals surface area contributed by atoms with Crippen molar-refractivity contribution in [3.8, 4) is 0 Å². The highest BCUT2D eigenvalue weighted by atomic mass is 16.3. The number of hydrogen-bond donors (Lipinski definition) is 3. The molecule has 4 aliphatic rings. The summed E-state index contributed by atoms with van der Waals surface area (Å²) in [6.07, 6.45) is 3.12. The first-order valence-corrected chi connectivity index (χ1v) is 7.32. The molecule has 0 aromatic heterocycles. The van der Waals surface area contributed by atoms with Gasteiger partial charge in [-0.1, -0.05) is 20.8 Å². The third kappa shape index (κ3) is 1.09. The van der Waals surface area contributed by atoms with E-state index in [1.54, 1.807) is 0 Å². The lowest BCUT2D eigenvalue weighted by Gasteiger charge is -2.73. The fourth-order valence-corrected chi connectivity index (χ4v) is 5.92. The molecule has 3 N–H and O–H groups in total. The quantitative estimate of drug-likeness (QED) is 0.665. The van der Waals surface area contributed by atoms with Crippen LogP contribution in [0.1, 0.15) is 46.5 Å². The number of rotatable bonds is 1. The van der Waals surface area contributed by atoms with Crippen LogP contribution in [-0.2, 0) is 0 Å². The molecule has 0 heterocycles. The topological polar surface area (TPSA) is 60.7 Å². The Kier molecular flexibility index (Phi) is 2.51. The van der Waals surface area contributed by atoms with Crippen LogP contribution in [-0.4, -0.2) is 33.6 Å². The van der Waals surface area contributed by atoms with Gasteiger partial charge in [-0.15, -0.1) is 0 Å². The fourth-order valence-electron chi connectivity index (χ4n) is 5.92. The van der Waals surface area contributed by atoms with Gasteiger partial charge in [0.1, 0.15) is 5.60 Å². The zero-order valence-corrected chi connectivity index (χ0v) is 11.7. The minimum absolute atomic E-state index is 0.0259. The van der Waals surface area contributed by atoms with Crippen molar-refractivity contribution in [1.29, 1.82) is 0 Å². The highest BCUT2D eigenvalue weighted by Crippen LogP contribution is 2.71. The molecule has 0 radical (unpaired) electrons. The van der Waals surface area contributed by atoms with Crippen molar-refractivity contribution < 1.29 is 15.3 Å². The van der Waals surface area contributed by atoms with Gasteiger partial charge in [0.2, 0.25) is 0 Å². The molecule has 0 saturated heterocycles. The van der Waals surface area contributed by atoms with Gasteiger partial charge in [0, 0.05) is 10.8 Å². The third-order valence-electron chi connectivity index (χ3n) is 7.10. The second-order valence-electron chi connectivity index (χ2n) is 7.57. The van der Waals surface area contributed by atoms with E-state index in [-0.39, 0.29) is 12.0 Å². The predicted molar refractivity (Wildman–Crippen MR) is 68.9 cm³/mol. The third-order valence-corrected chi connectivity index (χ3v) is 7.10. The molecular formula is C15H26O3. The van der Waals surface area contributed by atoms with Crippen LogP contribution in [0.3, 0.4) is 0 Å². The molecule has 4 fully saturated rings. The maximum Gasteiger partial charge on any atom is 0.104 e. The van der Waals surface area contributed by atoms with Gasteiger partial charge in [0.05, 0.1) is 12.7 Å². The summed E-state index contributed by atoms with van der Waals surface area (Å²) in [6, 6.07) is 0.